The van der Waals surface area contributed by atoms with Crippen LogP contribution >= 0.6 is 0 Å². The molecule has 0 saturated carbocycles. The van der Waals surface area contributed by atoms with Crippen LogP contribution in [0.15, 0.2) is 90.2 Å². The van der Waals surface area contributed by atoms with Gasteiger partial charge in [-0.2, -0.15) is 0 Å². The minimum atomic E-state index is -0.727. The number of benzene rings is 4. The van der Waals surface area contributed by atoms with Gasteiger partial charge in [0.05, 0.1) is 10.5 Å². The van der Waals surface area contributed by atoms with E-state index in [1.807, 2.05) is 6.07 Å². The Kier molecular flexibility index (Phi) is 4.16. The van der Waals surface area contributed by atoms with Crippen molar-refractivity contribution < 1.29 is 24.4 Å². The van der Waals surface area contributed by atoms with Gasteiger partial charge in [0, 0.05) is 34.7 Å². The summed E-state index contributed by atoms with van der Waals surface area (Å²) in [7, 11) is 0. The van der Waals surface area contributed by atoms with Crippen molar-refractivity contribution in [2.75, 3.05) is 0 Å². The van der Waals surface area contributed by atoms with Gasteiger partial charge in [0.2, 0.25) is 5.78 Å². The van der Waals surface area contributed by atoms with Crippen LogP contribution in [0.3, 0.4) is 0 Å². The van der Waals surface area contributed by atoms with Gasteiger partial charge in [-0.1, -0.05) is 48.5 Å². The lowest BCUT2D eigenvalue weighted by Gasteiger charge is -2.33. The van der Waals surface area contributed by atoms with Crippen LogP contribution in [0.25, 0.3) is 10.8 Å². The van der Waals surface area contributed by atoms with Gasteiger partial charge in [-0.05, 0) is 34.5 Å². The van der Waals surface area contributed by atoms with Crippen molar-refractivity contribution in [2.24, 2.45) is 0 Å². The van der Waals surface area contributed by atoms with Crippen molar-refractivity contribution in [3.63, 3.8) is 0 Å². The van der Waals surface area contributed by atoms with E-state index in [1.165, 1.54) is 12.1 Å². The molecule has 7 heteroatoms. The van der Waals surface area contributed by atoms with Crippen LogP contribution in [0.2, 0.25) is 0 Å². The second-order valence-corrected chi connectivity index (χ2v) is 8.21. The topological polar surface area (TPSA) is 107 Å². The molecule has 7 nitrogen and oxygen atoms in total. The number of allylic oxidation sites excluding steroid dienone is 2. The van der Waals surface area contributed by atoms with Crippen molar-refractivity contribution in [2.45, 2.75) is 5.92 Å². The summed E-state index contributed by atoms with van der Waals surface area (Å²) in [6, 6.07) is 21.0. The van der Waals surface area contributed by atoms with Crippen LogP contribution in [0.4, 0.5) is 5.69 Å². The third-order valence-electron chi connectivity index (χ3n) is 6.35. The fraction of sp³-hybridized carbons (Fsp3) is 0.0370. The first-order valence-electron chi connectivity index (χ1n) is 10.5. The molecule has 1 heterocycles. The van der Waals surface area contributed by atoms with Crippen molar-refractivity contribution in [3.8, 4) is 11.5 Å². The fourth-order valence-electron chi connectivity index (χ4n) is 4.81. The van der Waals surface area contributed by atoms with Crippen molar-refractivity contribution >= 4 is 28.0 Å². The smallest absolute Gasteiger partial charge is 0.269 e. The second-order valence-electron chi connectivity index (χ2n) is 8.21. The molecule has 1 atom stereocenters. The summed E-state index contributed by atoms with van der Waals surface area (Å²) in [5.41, 5.74) is 1.86. The molecule has 0 spiro atoms. The summed E-state index contributed by atoms with van der Waals surface area (Å²) in [4.78, 5) is 37.8. The number of carbonyl (C=O) groups excluding carboxylic acids is 2. The van der Waals surface area contributed by atoms with Gasteiger partial charge in [-0.3, -0.25) is 19.7 Å². The molecular weight excluding hydrogens is 434 g/mol. The van der Waals surface area contributed by atoms with Gasteiger partial charge >= 0.3 is 0 Å². The summed E-state index contributed by atoms with van der Waals surface area (Å²) >= 11 is 0. The van der Waals surface area contributed by atoms with E-state index in [2.05, 4.69) is 0 Å². The van der Waals surface area contributed by atoms with E-state index in [0.717, 1.165) is 5.39 Å². The Balaban J connectivity index is 1.67. The monoisotopic (exact) mass is 449 g/mol. The van der Waals surface area contributed by atoms with Crippen molar-refractivity contribution in [1.82, 2.24) is 0 Å². The summed E-state index contributed by atoms with van der Waals surface area (Å²) in [6.45, 7) is 0. The number of carbonyl (C=O) groups is 2. The molecule has 1 N–H and O–H groups in total. The number of phenols is 1. The number of phenolic OH excluding ortho intramolecular Hbond substituents is 1. The fourth-order valence-corrected chi connectivity index (χ4v) is 4.81. The normalized spacial score (nSPS) is 16.5. The predicted molar refractivity (Wildman–Crippen MR) is 123 cm³/mol. The van der Waals surface area contributed by atoms with Gasteiger partial charge in [-0.15, -0.1) is 0 Å². The highest BCUT2D eigenvalue weighted by Gasteiger charge is 2.43. The Hall–Kier alpha value is -4.78. The van der Waals surface area contributed by atoms with Crippen LogP contribution in [0.1, 0.15) is 37.8 Å². The highest BCUT2D eigenvalue weighted by Crippen LogP contribution is 2.50. The maximum atomic E-state index is 13.7. The minimum absolute atomic E-state index is 0.0412. The van der Waals surface area contributed by atoms with E-state index in [1.54, 1.807) is 60.7 Å². The molecule has 0 fully saturated rings. The molecule has 0 radical (unpaired) electrons. The Morgan fingerprint density at radius 2 is 1.53 bits per heavy atom. The summed E-state index contributed by atoms with van der Waals surface area (Å²) < 4.78 is 6.06. The predicted octanol–water partition coefficient (Wildman–Crippen LogP) is 5.31. The van der Waals surface area contributed by atoms with E-state index in [9.17, 15) is 24.8 Å². The maximum Gasteiger partial charge on any atom is 0.269 e. The summed E-state index contributed by atoms with van der Waals surface area (Å²) in [5, 5.41) is 22.9. The number of Topliss-reactive ketones (excluding diaryl/α,β-unsaturated/α-hetero) is 2. The zero-order valence-electron chi connectivity index (χ0n) is 17.5. The molecule has 1 aliphatic heterocycles. The largest absolute Gasteiger partial charge is 0.508 e. The first-order valence-corrected chi connectivity index (χ1v) is 10.5. The number of nitrogens with zero attached hydrogens (tertiary/aromatic N) is 1. The zero-order chi connectivity index (χ0) is 23.6. The summed E-state index contributed by atoms with van der Waals surface area (Å²) in [6.07, 6.45) is 0. The van der Waals surface area contributed by atoms with Crippen molar-refractivity contribution in [3.05, 3.63) is 123 Å². The number of hydrogen-bond acceptors (Lipinski definition) is 6. The third-order valence-corrected chi connectivity index (χ3v) is 6.35. The van der Waals surface area contributed by atoms with Gasteiger partial charge in [0.25, 0.3) is 5.69 Å². The number of nitro groups is 1. The summed E-state index contributed by atoms with van der Waals surface area (Å²) in [5.74, 6) is -1.07. The first kappa shape index (κ1) is 19.9. The number of hydrogen-bond donors (Lipinski definition) is 1. The molecule has 4 aromatic rings. The quantitative estimate of drug-likeness (QED) is 0.328. The van der Waals surface area contributed by atoms with Gasteiger partial charge in [0.15, 0.2) is 11.5 Å². The lowest BCUT2D eigenvalue weighted by Crippen LogP contribution is -2.31. The van der Waals surface area contributed by atoms with Crippen LogP contribution in [0, 0.1) is 10.1 Å². The van der Waals surface area contributed by atoms with Crippen molar-refractivity contribution in [1.29, 1.82) is 0 Å². The van der Waals surface area contributed by atoms with Crippen LogP contribution in [-0.4, -0.2) is 21.6 Å². The molecular formula is C27H15NO6. The van der Waals surface area contributed by atoms with E-state index in [-0.39, 0.29) is 39.7 Å². The average molecular weight is 449 g/mol. The number of non-ortho nitro benzene ring substituents is 1. The second kappa shape index (κ2) is 7.11. The molecule has 6 rings (SSSR count). The SMILES string of the molecule is O=C1C2=C(C(=O)c3ccccc31)C(c1ccc([N+](=O)[O-])cc1)c1c(ccc3ccc(O)cc13)O2. The minimum Gasteiger partial charge on any atom is -0.508 e. The van der Waals surface area contributed by atoms with Crippen LogP contribution in [-0.2, 0) is 0 Å². The highest BCUT2D eigenvalue weighted by atomic mass is 16.6. The number of ketones is 2. The molecule has 0 aromatic heterocycles. The van der Waals surface area contributed by atoms with Gasteiger partial charge in [-0.25, -0.2) is 0 Å². The number of nitro benzene ring substituents is 1. The lowest BCUT2D eigenvalue weighted by molar-refractivity contribution is -0.384. The van der Waals surface area contributed by atoms with Gasteiger partial charge < -0.3 is 9.84 Å². The van der Waals surface area contributed by atoms with E-state index >= 15 is 0 Å². The lowest BCUT2D eigenvalue weighted by atomic mass is 9.74. The zero-order valence-corrected chi connectivity index (χ0v) is 17.5. The number of rotatable bonds is 2. The third kappa shape index (κ3) is 2.77. The Morgan fingerprint density at radius 3 is 2.24 bits per heavy atom. The van der Waals surface area contributed by atoms with E-state index < -0.39 is 16.6 Å². The molecule has 0 saturated heterocycles. The van der Waals surface area contributed by atoms with Crippen LogP contribution in [0.5, 0.6) is 11.5 Å². The molecule has 1 aliphatic carbocycles. The number of aromatic hydroxyl groups is 1. The molecule has 0 bridgehead atoms. The maximum absolute atomic E-state index is 13.7. The number of fused-ring (bicyclic) bond motifs is 4. The Morgan fingerprint density at radius 1 is 0.853 bits per heavy atom. The highest BCUT2D eigenvalue weighted by molar-refractivity contribution is 6.27. The Labute approximate surface area is 192 Å². The molecule has 34 heavy (non-hydrogen) atoms. The molecule has 164 valence electrons. The van der Waals surface area contributed by atoms with Gasteiger partial charge in [0.1, 0.15) is 11.5 Å². The van der Waals surface area contributed by atoms with E-state index in [4.69, 9.17) is 4.74 Å². The molecule has 0 amide bonds. The number of ether oxygens (including phenoxy) is 1. The standard InChI is InChI=1S/C27H15NO6/c29-17-11-7-14-8-12-21-23(20(14)13-17)22(15-5-9-16(10-6-15)28(32)33)24-25(30)18-3-1-2-4-19(18)26(31)27(24)34-21/h1-13,22,29H. The average Bonchev–Trinajstić information content (AvgIpc) is 2.86. The van der Waals surface area contributed by atoms with Crippen LogP contribution < -0.4 is 4.74 Å². The van der Waals surface area contributed by atoms with E-state index in [0.29, 0.717) is 22.3 Å². The first-order chi connectivity index (χ1) is 16.4. The Bertz CT molecular complexity index is 1600. The molecule has 4 aromatic carbocycles. The molecule has 1 unspecified atom stereocenters. The molecule has 2 aliphatic rings.